The van der Waals surface area contributed by atoms with Crippen molar-refractivity contribution in [2.75, 3.05) is 12.4 Å². The molecule has 20 heavy (non-hydrogen) atoms. The second-order valence-electron chi connectivity index (χ2n) is 5.48. The van der Waals surface area contributed by atoms with Gasteiger partial charge in [0.05, 0.1) is 13.2 Å². The third-order valence-corrected chi connectivity index (χ3v) is 5.19. The molecule has 0 amide bonds. The first kappa shape index (κ1) is 13.5. The molecule has 1 aromatic heterocycles. The lowest BCUT2D eigenvalue weighted by Gasteiger charge is -2.26. The van der Waals surface area contributed by atoms with E-state index in [1.165, 1.54) is 41.6 Å². The zero-order valence-corrected chi connectivity index (χ0v) is 13.1. The van der Waals surface area contributed by atoms with Crippen molar-refractivity contribution in [1.82, 2.24) is 0 Å². The second-order valence-corrected chi connectivity index (χ2v) is 6.48. The zero-order valence-electron chi connectivity index (χ0n) is 12.3. The summed E-state index contributed by atoms with van der Waals surface area (Å²) in [6, 6.07) is 7.02. The Balaban J connectivity index is 1.90. The Kier molecular flexibility index (Phi) is 3.70. The first-order chi connectivity index (χ1) is 9.70. The summed E-state index contributed by atoms with van der Waals surface area (Å²) in [6.07, 6.45) is 3.72. The van der Waals surface area contributed by atoms with Crippen LogP contribution in [-0.4, -0.2) is 7.11 Å². The molecular formula is C17H21NOS. The maximum atomic E-state index is 5.52. The van der Waals surface area contributed by atoms with E-state index in [4.69, 9.17) is 4.74 Å². The third kappa shape index (κ3) is 2.31. The summed E-state index contributed by atoms with van der Waals surface area (Å²) in [6.45, 7) is 4.22. The summed E-state index contributed by atoms with van der Waals surface area (Å²) in [5.74, 6) is 0.997. The van der Waals surface area contributed by atoms with Gasteiger partial charge in [-0.1, -0.05) is 6.07 Å². The fourth-order valence-corrected chi connectivity index (χ4v) is 4.11. The molecule has 0 spiro atoms. The summed E-state index contributed by atoms with van der Waals surface area (Å²) >= 11 is 1.89. The Hall–Kier alpha value is -1.48. The van der Waals surface area contributed by atoms with Gasteiger partial charge in [-0.3, -0.25) is 0 Å². The van der Waals surface area contributed by atoms with Crippen LogP contribution in [-0.2, 0) is 6.42 Å². The average molecular weight is 287 g/mol. The summed E-state index contributed by atoms with van der Waals surface area (Å²) in [5.41, 5.74) is 5.07. The summed E-state index contributed by atoms with van der Waals surface area (Å²) < 4.78 is 5.52. The molecule has 1 aliphatic carbocycles. The Morgan fingerprint density at radius 3 is 2.90 bits per heavy atom. The minimum atomic E-state index is 0.441. The van der Waals surface area contributed by atoms with Crippen LogP contribution >= 0.6 is 11.3 Å². The van der Waals surface area contributed by atoms with Crippen LogP contribution in [0.15, 0.2) is 23.6 Å². The molecule has 0 aliphatic heterocycles. The zero-order chi connectivity index (χ0) is 14.1. The van der Waals surface area contributed by atoms with Crippen LogP contribution in [0.25, 0.3) is 0 Å². The Labute approximate surface area is 124 Å². The van der Waals surface area contributed by atoms with Crippen LogP contribution in [0.3, 0.4) is 0 Å². The number of aryl methyl sites for hydroxylation is 2. The molecule has 3 rings (SSSR count). The number of rotatable bonds is 3. The molecule has 0 bridgehead atoms. The first-order valence-corrected chi connectivity index (χ1v) is 8.05. The molecule has 106 valence electrons. The molecule has 0 fully saturated rings. The molecule has 2 aromatic rings. The van der Waals surface area contributed by atoms with E-state index in [1.54, 1.807) is 12.0 Å². The number of hydrogen-bond acceptors (Lipinski definition) is 3. The van der Waals surface area contributed by atoms with E-state index in [0.29, 0.717) is 6.04 Å². The van der Waals surface area contributed by atoms with Crippen molar-refractivity contribution < 1.29 is 4.74 Å². The van der Waals surface area contributed by atoms with E-state index in [2.05, 4.69) is 42.7 Å². The molecule has 0 saturated heterocycles. The summed E-state index contributed by atoms with van der Waals surface area (Å²) in [4.78, 5) is 1.55. The van der Waals surface area contributed by atoms with E-state index >= 15 is 0 Å². The predicted octanol–water partition coefficient (Wildman–Crippen LogP) is 4.86. The molecule has 1 N–H and O–H groups in total. The number of benzene rings is 1. The van der Waals surface area contributed by atoms with Crippen LogP contribution in [0.2, 0.25) is 0 Å². The van der Waals surface area contributed by atoms with Crippen LogP contribution in [0.4, 0.5) is 5.69 Å². The Morgan fingerprint density at radius 2 is 2.10 bits per heavy atom. The van der Waals surface area contributed by atoms with Crippen molar-refractivity contribution in [1.29, 1.82) is 0 Å². The molecule has 1 aliphatic rings. The van der Waals surface area contributed by atoms with Crippen molar-refractivity contribution in [2.24, 2.45) is 0 Å². The van der Waals surface area contributed by atoms with Crippen LogP contribution < -0.4 is 10.1 Å². The third-order valence-electron chi connectivity index (χ3n) is 4.19. The standard InChI is InChI=1S/C17H21NOS/c1-11-7-8-14(12(2)17(11)19-3)18-15-5-4-6-16-13(15)9-10-20-16/h7-10,15,18H,4-6H2,1-3H3. The van der Waals surface area contributed by atoms with Gasteiger partial charge in [0, 0.05) is 16.1 Å². The molecule has 1 unspecified atom stereocenters. The minimum absolute atomic E-state index is 0.441. The highest BCUT2D eigenvalue weighted by Crippen LogP contribution is 2.37. The number of fused-ring (bicyclic) bond motifs is 1. The van der Waals surface area contributed by atoms with Gasteiger partial charge in [-0.05, 0) is 61.7 Å². The molecular weight excluding hydrogens is 266 g/mol. The van der Waals surface area contributed by atoms with Crippen molar-refractivity contribution >= 4 is 17.0 Å². The van der Waals surface area contributed by atoms with E-state index < -0.39 is 0 Å². The van der Waals surface area contributed by atoms with Gasteiger partial charge in [-0.15, -0.1) is 11.3 Å². The molecule has 1 aromatic carbocycles. The molecule has 1 heterocycles. The minimum Gasteiger partial charge on any atom is -0.496 e. The monoisotopic (exact) mass is 287 g/mol. The van der Waals surface area contributed by atoms with Gasteiger partial charge in [0.1, 0.15) is 5.75 Å². The number of methoxy groups -OCH3 is 1. The van der Waals surface area contributed by atoms with Crippen LogP contribution in [0, 0.1) is 13.8 Å². The van der Waals surface area contributed by atoms with Gasteiger partial charge in [-0.2, -0.15) is 0 Å². The fraction of sp³-hybridized carbons (Fsp3) is 0.412. The van der Waals surface area contributed by atoms with E-state index in [-0.39, 0.29) is 0 Å². The molecule has 0 radical (unpaired) electrons. The largest absolute Gasteiger partial charge is 0.496 e. The normalized spacial score (nSPS) is 17.6. The maximum Gasteiger partial charge on any atom is 0.126 e. The topological polar surface area (TPSA) is 21.3 Å². The quantitative estimate of drug-likeness (QED) is 0.870. The SMILES string of the molecule is COc1c(C)ccc(NC2CCCc3sccc32)c1C. The van der Waals surface area contributed by atoms with Crippen LogP contribution in [0.1, 0.15) is 40.5 Å². The predicted molar refractivity (Wildman–Crippen MR) is 86.1 cm³/mol. The number of thiophene rings is 1. The fourth-order valence-electron chi connectivity index (χ4n) is 3.12. The summed E-state index contributed by atoms with van der Waals surface area (Å²) in [5, 5.41) is 5.94. The lowest BCUT2D eigenvalue weighted by Crippen LogP contribution is -2.16. The lowest BCUT2D eigenvalue weighted by molar-refractivity contribution is 0.408. The number of hydrogen-bond donors (Lipinski definition) is 1. The van der Waals surface area contributed by atoms with Crippen LogP contribution in [0.5, 0.6) is 5.75 Å². The Bertz CT molecular complexity index is 617. The average Bonchev–Trinajstić information content (AvgIpc) is 2.92. The highest BCUT2D eigenvalue weighted by Gasteiger charge is 2.22. The number of ether oxygens (including phenoxy) is 1. The van der Waals surface area contributed by atoms with Gasteiger partial charge in [0.15, 0.2) is 0 Å². The molecule has 1 atom stereocenters. The van der Waals surface area contributed by atoms with Crippen molar-refractivity contribution in [3.63, 3.8) is 0 Å². The second kappa shape index (κ2) is 5.49. The van der Waals surface area contributed by atoms with Crippen molar-refractivity contribution in [3.05, 3.63) is 45.1 Å². The highest BCUT2D eigenvalue weighted by molar-refractivity contribution is 7.10. The molecule has 0 saturated carbocycles. The van der Waals surface area contributed by atoms with Gasteiger partial charge in [0.25, 0.3) is 0 Å². The van der Waals surface area contributed by atoms with Gasteiger partial charge in [0.2, 0.25) is 0 Å². The van der Waals surface area contributed by atoms with Gasteiger partial charge < -0.3 is 10.1 Å². The van der Waals surface area contributed by atoms with E-state index in [1.807, 2.05) is 11.3 Å². The summed E-state index contributed by atoms with van der Waals surface area (Å²) in [7, 11) is 1.75. The highest BCUT2D eigenvalue weighted by atomic mass is 32.1. The van der Waals surface area contributed by atoms with E-state index in [9.17, 15) is 0 Å². The van der Waals surface area contributed by atoms with E-state index in [0.717, 1.165) is 5.75 Å². The van der Waals surface area contributed by atoms with Gasteiger partial charge in [-0.25, -0.2) is 0 Å². The smallest absolute Gasteiger partial charge is 0.126 e. The van der Waals surface area contributed by atoms with Crippen molar-refractivity contribution in [3.8, 4) is 5.75 Å². The first-order valence-electron chi connectivity index (χ1n) is 7.17. The number of nitrogens with one attached hydrogen (secondary N) is 1. The van der Waals surface area contributed by atoms with Gasteiger partial charge >= 0.3 is 0 Å². The molecule has 2 nitrogen and oxygen atoms in total. The maximum absolute atomic E-state index is 5.52. The van der Waals surface area contributed by atoms with Crippen molar-refractivity contribution in [2.45, 2.75) is 39.2 Å². The lowest BCUT2D eigenvalue weighted by atomic mass is 9.93. The molecule has 3 heteroatoms. The Morgan fingerprint density at radius 1 is 1.25 bits per heavy atom. The number of anilines is 1.